The largest absolute Gasteiger partial charge is 0.425 e. The van der Waals surface area contributed by atoms with E-state index >= 15 is 0 Å². The predicted molar refractivity (Wildman–Crippen MR) is 71.2 cm³/mol. The van der Waals surface area contributed by atoms with Gasteiger partial charge in [0.15, 0.2) is 0 Å². The molecule has 6 heteroatoms. The van der Waals surface area contributed by atoms with Crippen molar-refractivity contribution in [2.45, 2.75) is 25.7 Å². The van der Waals surface area contributed by atoms with E-state index in [2.05, 4.69) is 10.2 Å². The molecule has 0 bridgehead atoms. The van der Waals surface area contributed by atoms with Crippen LogP contribution in [0.3, 0.4) is 0 Å². The zero-order valence-electron chi connectivity index (χ0n) is 10.7. The molecule has 100 valence electrons. The Morgan fingerprint density at radius 3 is 2.79 bits per heavy atom. The molecule has 3 heterocycles. The Bertz CT molecular complexity index is 556. The lowest BCUT2D eigenvalue weighted by Gasteiger charge is -2.30. The van der Waals surface area contributed by atoms with E-state index < -0.39 is 0 Å². The van der Waals surface area contributed by atoms with Gasteiger partial charge in [-0.15, -0.1) is 21.5 Å². The number of hydrogen-bond acceptors (Lipinski definition) is 5. The third-order valence-electron chi connectivity index (χ3n) is 3.41. The summed E-state index contributed by atoms with van der Waals surface area (Å²) in [6, 6.07) is 3.78. The molecule has 3 rings (SSSR count). The van der Waals surface area contributed by atoms with Crippen LogP contribution >= 0.6 is 11.3 Å². The monoisotopic (exact) mass is 277 g/mol. The van der Waals surface area contributed by atoms with E-state index in [0.29, 0.717) is 11.8 Å². The average Bonchev–Trinajstić information content (AvgIpc) is 3.09. The summed E-state index contributed by atoms with van der Waals surface area (Å²) >= 11 is 1.49. The maximum atomic E-state index is 12.2. The van der Waals surface area contributed by atoms with E-state index in [0.717, 1.165) is 30.8 Å². The Kier molecular flexibility index (Phi) is 3.33. The van der Waals surface area contributed by atoms with Crippen LogP contribution in [0.5, 0.6) is 0 Å². The molecule has 1 amide bonds. The third kappa shape index (κ3) is 2.53. The molecule has 0 atom stereocenters. The second kappa shape index (κ2) is 5.13. The van der Waals surface area contributed by atoms with E-state index in [4.69, 9.17) is 4.42 Å². The van der Waals surface area contributed by atoms with E-state index in [1.807, 2.05) is 22.4 Å². The summed E-state index contributed by atoms with van der Waals surface area (Å²) in [6.45, 7) is 3.30. The minimum atomic E-state index is 0.134. The fourth-order valence-corrected chi connectivity index (χ4v) is 3.05. The zero-order chi connectivity index (χ0) is 13.2. The van der Waals surface area contributed by atoms with Gasteiger partial charge in [0.05, 0.1) is 4.88 Å². The topological polar surface area (TPSA) is 59.2 Å². The second-order valence-corrected chi connectivity index (χ2v) is 5.65. The number of rotatable bonds is 2. The molecule has 0 spiro atoms. The fourth-order valence-electron chi connectivity index (χ4n) is 2.36. The normalized spacial score (nSPS) is 16.8. The molecule has 2 aromatic rings. The Labute approximate surface area is 115 Å². The molecule has 0 radical (unpaired) electrons. The summed E-state index contributed by atoms with van der Waals surface area (Å²) in [7, 11) is 0. The van der Waals surface area contributed by atoms with Crippen LogP contribution in [0.25, 0.3) is 0 Å². The number of nitrogens with zero attached hydrogens (tertiary/aromatic N) is 3. The first-order valence-electron chi connectivity index (χ1n) is 6.37. The minimum Gasteiger partial charge on any atom is -0.425 e. The number of piperidine rings is 1. The molecule has 1 saturated heterocycles. The molecule has 1 aliphatic rings. The summed E-state index contributed by atoms with van der Waals surface area (Å²) in [5.41, 5.74) is 0. The molecule has 0 saturated carbocycles. The highest BCUT2D eigenvalue weighted by molar-refractivity contribution is 7.12. The Balaban J connectivity index is 1.62. The highest BCUT2D eigenvalue weighted by atomic mass is 32.1. The first kappa shape index (κ1) is 12.3. The maximum absolute atomic E-state index is 12.2. The molecular formula is C13H15N3O2S. The molecule has 1 aliphatic heterocycles. The smallest absolute Gasteiger partial charge is 0.263 e. The Morgan fingerprint density at radius 1 is 1.42 bits per heavy atom. The van der Waals surface area contributed by atoms with Crippen LogP contribution < -0.4 is 0 Å². The van der Waals surface area contributed by atoms with Gasteiger partial charge in [0.25, 0.3) is 5.91 Å². The van der Waals surface area contributed by atoms with Crippen molar-refractivity contribution in [3.05, 3.63) is 34.2 Å². The fraction of sp³-hybridized carbons (Fsp3) is 0.462. The van der Waals surface area contributed by atoms with Crippen LogP contribution in [0.4, 0.5) is 0 Å². The van der Waals surface area contributed by atoms with Crippen LogP contribution in [-0.2, 0) is 0 Å². The van der Waals surface area contributed by atoms with Crippen LogP contribution in [0.15, 0.2) is 21.9 Å². The Morgan fingerprint density at radius 2 is 2.21 bits per heavy atom. The number of likely N-dealkylation sites (tertiary alicyclic amines) is 1. The van der Waals surface area contributed by atoms with Crippen molar-refractivity contribution >= 4 is 17.2 Å². The van der Waals surface area contributed by atoms with E-state index in [9.17, 15) is 4.79 Å². The van der Waals surface area contributed by atoms with Gasteiger partial charge in [-0.2, -0.15) is 0 Å². The van der Waals surface area contributed by atoms with E-state index in [1.54, 1.807) is 6.92 Å². The Hall–Kier alpha value is -1.69. The van der Waals surface area contributed by atoms with Crippen molar-refractivity contribution in [2.75, 3.05) is 13.1 Å². The van der Waals surface area contributed by atoms with Crippen LogP contribution in [0.2, 0.25) is 0 Å². The van der Waals surface area contributed by atoms with Crippen molar-refractivity contribution in [2.24, 2.45) is 0 Å². The zero-order valence-corrected chi connectivity index (χ0v) is 11.5. The van der Waals surface area contributed by atoms with Gasteiger partial charge in [-0.05, 0) is 24.3 Å². The van der Waals surface area contributed by atoms with Crippen molar-refractivity contribution in [1.82, 2.24) is 15.1 Å². The minimum absolute atomic E-state index is 0.134. The first-order chi connectivity index (χ1) is 9.24. The number of aromatic nitrogens is 2. The molecule has 2 aromatic heterocycles. The van der Waals surface area contributed by atoms with Crippen molar-refractivity contribution in [1.29, 1.82) is 0 Å². The summed E-state index contributed by atoms with van der Waals surface area (Å²) in [5, 5.41) is 9.86. The lowest BCUT2D eigenvalue weighted by atomic mass is 9.97. The van der Waals surface area contributed by atoms with Gasteiger partial charge in [-0.1, -0.05) is 6.07 Å². The number of thiophene rings is 1. The van der Waals surface area contributed by atoms with Crippen molar-refractivity contribution in [3.63, 3.8) is 0 Å². The number of carbonyl (C=O) groups is 1. The molecule has 5 nitrogen and oxygen atoms in total. The number of aryl methyl sites for hydroxylation is 1. The van der Waals surface area contributed by atoms with E-state index in [-0.39, 0.29) is 11.8 Å². The van der Waals surface area contributed by atoms with Crippen molar-refractivity contribution < 1.29 is 9.21 Å². The van der Waals surface area contributed by atoms with Gasteiger partial charge in [-0.3, -0.25) is 4.79 Å². The number of hydrogen-bond donors (Lipinski definition) is 0. The molecule has 1 fully saturated rings. The average molecular weight is 277 g/mol. The molecule has 0 unspecified atom stereocenters. The number of amides is 1. The summed E-state index contributed by atoms with van der Waals surface area (Å²) in [6.07, 6.45) is 1.78. The second-order valence-electron chi connectivity index (χ2n) is 4.70. The summed E-state index contributed by atoms with van der Waals surface area (Å²) in [4.78, 5) is 14.9. The van der Waals surface area contributed by atoms with Crippen molar-refractivity contribution in [3.8, 4) is 0 Å². The van der Waals surface area contributed by atoms with E-state index in [1.165, 1.54) is 11.3 Å². The van der Waals surface area contributed by atoms with Crippen LogP contribution in [0, 0.1) is 6.92 Å². The third-order valence-corrected chi connectivity index (χ3v) is 4.26. The highest BCUT2D eigenvalue weighted by Gasteiger charge is 2.27. The van der Waals surface area contributed by atoms with Gasteiger partial charge in [0.2, 0.25) is 11.8 Å². The van der Waals surface area contributed by atoms with Crippen LogP contribution in [-0.4, -0.2) is 34.1 Å². The molecule has 0 aromatic carbocycles. The lowest BCUT2D eigenvalue weighted by molar-refractivity contribution is 0.0711. The molecular weight excluding hydrogens is 262 g/mol. The highest BCUT2D eigenvalue weighted by Crippen LogP contribution is 2.28. The maximum Gasteiger partial charge on any atom is 0.263 e. The van der Waals surface area contributed by atoms with Gasteiger partial charge < -0.3 is 9.32 Å². The SMILES string of the molecule is Cc1nnc(C2CCN(C(=O)c3cccs3)CC2)o1. The quantitative estimate of drug-likeness (QED) is 0.846. The van der Waals surface area contributed by atoms with Gasteiger partial charge in [-0.25, -0.2) is 0 Å². The summed E-state index contributed by atoms with van der Waals surface area (Å²) < 4.78 is 5.47. The standard InChI is InChI=1S/C13H15N3O2S/c1-9-14-15-12(18-9)10-4-6-16(7-5-10)13(17)11-3-2-8-19-11/h2-3,8,10H,4-7H2,1H3. The predicted octanol–water partition coefficient (Wildman–Crippen LogP) is 2.46. The lowest BCUT2D eigenvalue weighted by Crippen LogP contribution is -2.37. The van der Waals surface area contributed by atoms with Gasteiger partial charge in [0.1, 0.15) is 0 Å². The molecule has 19 heavy (non-hydrogen) atoms. The number of carbonyl (C=O) groups excluding carboxylic acids is 1. The van der Waals surface area contributed by atoms with Gasteiger partial charge >= 0.3 is 0 Å². The van der Waals surface area contributed by atoms with Gasteiger partial charge in [0, 0.05) is 25.9 Å². The molecule has 0 aliphatic carbocycles. The first-order valence-corrected chi connectivity index (χ1v) is 7.25. The summed E-state index contributed by atoms with van der Waals surface area (Å²) in [5.74, 6) is 1.73. The van der Waals surface area contributed by atoms with Crippen LogP contribution in [0.1, 0.15) is 40.2 Å². The molecule has 0 N–H and O–H groups in total.